The molecule has 0 saturated heterocycles. The molecule has 8 heavy (non-hydrogen) atoms. The third-order valence-electron chi connectivity index (χ3n) is 1.04. The topological polar surface area (TPSA) is 33.6 Å². The minimum atomic E-state index is 0.0122. The van der Waals surface area contributed by atoms with Gasteiger partial charge in [-0.1, -0.05) is 5.16 Å². The summed E-state index contributed by atoms with van der Waals surface area (Å²) < 4.78 is 0. The first kappa shape index (κ1) is 5.56. The summed E-state index contributed by atoms with van der Waals surface area (Å²) >= 11 is 0. The maximum Gasteiger partial charge on any atom is 0.169 e. The highest BCUT2D eigenvalue weighted by Crippen LogP contribution is 2.00. The summed E-state index contributed by atoms with van der Waals surface area (Å²) in [6.07, 6.45) is 1.75. The number of nitrogens with zero attached hydrogens (tertiary/aromatic N) is 1. The fourth-order valence-electron chi connectivity index (χ4n) is 0.470. The van der Waals surface area contributed by atoms with Crippen molar-refractivity contribution in [2.45, 2.75) is 19.4 Å². The third-order valence-corrected chi connectivity index (χ3v) is 1.04. The largest absolute Gasteiger partial charge is 0.380 e. The van der Waals surface area contributed by atoms with E-state index in [1.807, 2.05) is 13.8 Å². The molecule has 1 heterocycles. The van der Waals surface area contributed by atoms with Gasteiger partial charge in [-0.3, -0.25) is 5.32 Å². The Balaban J connectivity index is 2.56. The Morgan fingerprint density at radius 3 is 2.75 bits per heavy atom. The van der Waals surface area contributed by atoms with Crippen LogP contribution in [0.1, 0.15) is 13.8 Å². The lowest BCUT2D eigenvalue weighted by Gasteiger charge is -2.23. The Morgan fingerprint density at radius 2 is 2.50 bits per heavy atom. The van der Waals surface area contributed by atoms with Crippen LogP contribution in [-0.4, -0.2) is 18.5 Å². The van der Waals surface area contributed by atoms with E-state index in [1.54, 1.807) is 6.21 Å². The maximum absolute atomic E-state index is 4.66. The van der Waals surface area contributed by atoms with Crippen LogP contribution in [0.2, 0.25) is 0 Å². The van der Waals surface area contributed by atoms with E-state index in [4.69, 9.17) is 0 Å². The van der Waals surface area contributed by atoms with Gasteiger partial charge in [0.25, 0.3) is 0 Å². The second-order valence-electron chi connectivity index (χ2n) is 2.41. The molecule has 1 aliphatic heterocycles. The number of rotatable bonds is 0. The standard InChI is InChI=1S/C5H10N2O/c1-5(2)3-7-8-4-6-5/h3,6H,4H2,1-2H3. The van der Waals surface area contributed by atoms with E-state index in [0.717, 1.165) is 0 Å². The molecule has 0 bridgehead atoms. The van der Waals surface area contributed by atoms with E-state index < -0.39 is 0 Å². The van der Waals surface area contributed by atoms with Crippen LogP contribution in [0.5, 0.6) is 0 Å². The van der Waals surface area contributed by atoms with Gasteiger partial charge in [-0.05, 0) is 13.8 Å². The van der Waals surface area contributed by atoms with Crippen LogP contribution in [0, 0.1) is 0 Å². The molecule has 0 aromatic heterocycles. The summed E-state index contributed by atoms with van der Waals surface area (Å²) in [7, 11) is 0. The number of hydrogen-bond donors (Lipinski definition) is 1. The van der Waals surface area contributed by atoms with Crippen molar-refractivity contribution < 1.29 is 4.84 Å². The summed E-state index contributed by atoms with van der Waals surface area (Å²) in [4.78, 5) is 4.66. The van der Waals surface area contributed by atoms with Gasteiger partial charge in [0.15, 0.2) is 6.73 Å². The molecular formula is C5H10N2O. The normalized spacial score (nSPS) is 24.8. The molecule has 0 saturated carbocycles. The summed E-state index contributed by atoms with van der Waals surface area (Å²) in [6.45, 7) is 4.60. The molecule has 0 amide bonds. The third kappa shape index (κ3) is 1.20. The Morgan fingerprint density at radius 1 is 1.75 bits per heavy atom. The quantitative estimate of drug-likeness (QED) is 0.492. The number of oxime groups is 1. The van der Waals surface area contributed by atoms with Crippen molar-refractivity contribution in [1.82, 2.24) is 5.32 Å². The zero-order valence-electron chi connectivity index (χ0n) is 5.14. The fourth-order valence-corrected chi connectivity index (χ4v) is 0.470. The van der Waals surface area contributed by atoms with Gasteiger partial charge in [-0.15, -0.1) is 0 Å². The maximum atomic E-state index is 4.66. The van der Waals surface area contributed by atoms with Gasteiger partial charge in [-0.25, -0.2) is 0 Å². The molecule has 0 unspecified atom stereocenters. The molecule has 0 aromatic rings. The monoisotopic (exact) mass is 114 g/mol. The molecule has 3 heteroatoms. The van der Waals surface area contributed by atoms with Crippen LogP contribution in [0.15, 0.2) is 5.16 Å². The lowest BCUT2D eigenvalue weighted by atomic mass is 10.1. The van der Waals surface area contributed by atoms with Gasteiger partial charge in [0.05, 0.1) is 11.8 Å². The smallest absolute Gasteiger partial charge is 0.169 e. The molecule has 1 N–H and O–H groups in total. The van der Waals surface area contributed by atoms with Crippen LogP contribution >= 0.6 is 0 Å². The summed E-state index contributed by atoms with van der Waals surface area (Å²) in [6, 6.07) is 0. The van der Waals surface area contributed by atoms with Crippen molar-refractivity contribution >= 4 is 6.21 Å². The minimum absolute atomic E-state index is 0.0122. The number of nitrogens with one attached hydrogen (secondary N) is 1. The van der Waals surface area contributed by atoms with Crippen molar-refractivity contribution in [2.75, 3.05) is 6.73 Å². The Labute approximate surface area is 48.7 Å². The van der Waals surface area contributed by atoms with Crippen molar-refractivity contribution in [3.05, 3.63) is 0 Å². The summed E-state index contributed by atoms with van der Waals surface area (Å²) in [5, 5.41) is 6.73. The fraction of sp³-hybridized carbons (Fsp3) is 0.800. The van der Waals surface area contributed by atoms with Gasteiger partial charge in [0, 0.05) is 0 Å². The van der Waals surface area contributed by atoms with Crippen LogP contribution in [0.3, 0.4) is 0 Å². The first-order chi connectivity index (χ1) is 3.71. The van der Waals surface area contributed by atoms with Crippen LogP contribution in [-0.2, 0) is 4.84 Å². The van der Waals surface area contributed by atoms with Gasteiger partial charge in [-0.2, -0.15) is 0 Å². The molecule has 1 rings (SSSR count). The van der Waals surface area contributed by atoms with E-state index in [-0.39, 0.29) is 5.54 Å². The SMILES string of the molecule is CC1(C)C=NOCN1. The Bertz CT molecular complexity index is 109. The first-order valence-corrected chi connectivity index (χ1v) is 2.62. The molecule has 0 radical (unpaired) electrons. The lowest BCUT2D eigenvalue weighted by Crippen LogP contribution is -2.44. The summed E-state index contributed by atoms with van der Waals surface area (Å²) in [5.41, 5.74) is 0.0122. The molecule has 0 aliphatic carbocycles. The van der Waals surface area contributed by atoms with Gasteiger partial charge in [0.1, 0.15) is 0 Å². The predicted octanol–water partition coefficient (Wildman–Crippen LogP) is 0.328. The molecule has 0 atom stereocenters. The highest BCUT2D eigenvalue weighted by molar-refractivity contribution is 5.68. The van der Waals surface area contributed by atoms with E-state index in [0.29, 0.717) is 6.73 Å². The number of hydrogen-bond acceptors (Lipinski definition) is 3. The Kier molecular flexibility index (Phi) is 1.21. The van der Waals surface area contributed by atoms with Crippen molar-refractivity contribution in [2.24, 2.45) is 5.16 Å². The van der Waals surface area contributed by atoms with Gasteiger partial charge in [0.2, 0.25) is 0 Å². The van der Waals surface area contributed by atoms with Gasteiger partial charge >= 0.3 is 0 Å². The van der Waals surface area contributed by atoms with Crippen molar-refractivity contribution in [1.29, 1.82) is 0 Å². The average molecular weight is 114 g/mol. The minimum Gasteiger partial charge on any atom is -0.380 e. The highest BCUT2D eigenvalue weighted by atomic mass is 16.6. The molecular weight excluding hydrogens is 104 g/mol. The summed E-state index contributed by atoms with van der Waals surface area (Å²) in [5.74, 6) is 0. The zero-order chi connectivity index (χ0) is 6.04. The molecule has 0 aromatic carbocycles. The first-order valence-electron chi connectivity index (χ1n) is 2.62. The predicted molar refractivity (Wildman–Crippen MR) is 31.7 cm³/mol. The molecule has 0 spiro atoms. The second-order valence-corrected chi connectivity index (χ2v) is 2.41. The van der Waals surface area contributed by atoms with Crippen molar-refractivity contribution in [3.63, 3.8) is 0 Å². The van der Waals surface area contributed by atoms with E-state index in [9.17, 15) is 0 Å². The van der Waals surface area contributed by atoms with E-state index in [1.165, 1.54) is 0 Å². The van der Waals surface area contributed by atoms with Crippen LogP contribution < -0.4 is 5.32 Å². The lowest BCUT2D eigenvalue weighted by molar-refractivity contribution is 0.0965. The molecule has 46 valence electrons. The Hall–Kier alpha value is -0.570. The van der Waals surface area contributed by atoms with E-state index in [2.05, 4.69) is 15.3 Å². The zero-order valence-corrected chi connectivity index (χ0v) is 5.14. The van der Waals surface area contributed by atoms with E-state index >= 15 is 0 Å². The highest BCUT2D eigenvalue weighted by Gasteiger charge is 2.16. The average Bonchev–Trinajstić information content (AvgIpc) is 1.65. The second kappa shape index (κ2) is 1.74. The molecule has 3 nitrogen and oxygen atoms in total. The molecule has 0 fully saturated rings. The van der Waals surface area contributed by atoms with Crippen molar-refractivity contribution in [3.8, 4) is 0 Å². The molecule has 1 aliphatic rings. The van der Waals surface area contributed by atoms with Crippen LogP contribution in [0.25, 0.3) is 0 Å². The van der Waals surface area contributed by atoms with Crippen LogP contribution in [0.4, 0.5) is 0 Å². The van der Waals surface area contributed by atoms with Gasteiger partial charge < -0.3 is 4.84 Å².